The number of aromatic nitrogens is 2. The van der Waals surface area contributed by atoms with Crippen molar-refractivity contribution in [2.24, 2.45) is 0 Å². The van der Waals surface area contributed by atoms with Crippen LogP contribution in [0, 0.1) is 0 Å². The largest absolute Gasteiger partial charge is 0.399 e. The second-order valence-corrected chi connectivity index (χ2v) is 4.59. The summed E-state index contributed by atoms with van der Waals surface area (Å²) in [6.45, 7) is 0. The molecule has 1 amide bonds. The standard InChI is InChI=1S/C16H14N4O/c17-13-5-1-12(2-6-13)16(21)20-14-7-3-11(4-8-14)15-18-9-10-19-15/h1-10H,17H2,(H,18,19)(H,20,21). The lowest BCUT2D eigenvalue weighted by Gasteiger charge is -2.06. The van der Waals surface area contributed by atoms with Crippen LogP contribution < -0.4 is 11.1 Å². The number of nitrogens with zero attached hydrogens (tertiary/aromatic N) is 1. The van der Waals surface area contributed by atoms with Gasteiger partial charge in [0.15, 0.2) is 0 Å². The average Bonchev–Trinajstić information content (AvgIpc) is 3.03. The van der Waals surface area contributed by atoms with Crippen molar-refractivity contribution in [1.82, 2.24) is 9.97 Å². The van der Waals surface area contributed by atoms with Crippen LogP contribution in [0.25, 0.3) is 11.4 Å². The predicted octanol–water partition coefficient (Wildman–Crippen LogP) is 2.91. The lowest BCUT2D eigenvalue weighted by molar-refractivity contribution is 0.102. The maximum atomic E-state index is 12.1. The van der Waals surface area contributed by atoms with Crippen LogP contribution in [-0.4, -0.2) is 15.9 Å². The molecule has 104 valence electrons. The minimum absolute atomic E-state index is 0.166. The average molecular weight is 278 g/mol. The number of nitrogens with two attached hydrogens (primary N) is 1. The van der Waals surface area contributed by atoms with E-state index < -0.39 is 0 Å². The summed E-state index contributed by atoms with van der Waals surface area (Å²) in [6.07, 6.45) is 3.47. The van der Waals surface area contributed by atoms with E-state index in [2.05, 4.69) is 15.3 Å². The summed E-state index contributed by atoms with van der Waals surface area (Å²) in [4.78, 5) is 19.3. The first-order chi connectivity index (χ1) is 10.2. The van der Waals surface area contributed by atoms with E-state index in [-0.39, 0.29) is 5.91 Å². The van der Waals surface area contributed by atoms with Gasteiger partial charge >= 0.3 is 0 Å². The van der Waals surface area contributed by atoms with Crippen molar-refractivity contribution >= 4 is 17.3 Å². The normalized spacial score (nSPS) is 10.3. The Kier molecular flexibility index (Phi) is 3.39. The molecule has 0 saturated heterocycles. The Morgan fingerprint density at radius 1 is 1.05 bits per heavy atom. The third-order valence-corrected chi connectivity index (χ3v) is 3.09. The maximum absolute atomic E-state index is 12.1. The summed E-state index contributed by atoms with van der Waals surface area (Å²) in [5.74, 6) is 0.632. The summed E-state index contributed by atoms with van der Waals surface area (Å²) >= 11 is 0. The molecular weight excluding hydrogens is 264 g/mol. The zero-order valence-corrected chi connectivity index (χ0v) is 11.2. The Morgan fingerprint density at radius 2 is 1.76 bits per heavy atom. The highest BCUT2D eigenvalue weighted by atomic mass is 16.1. The summed E-state index contributed by atoms with van der Waals surface area (Å²) in [5.41, 5.74) is 8.50. The number of aromatic amines is 1. The highest BCUT2D eigenvalue weighted by Crippen LogP contribution is 2.18. The Labute approximate surface area is 121 Å². The number of hydrogen-bond acceptors (Lipinski definition) is 3. The number of amides is 1. The Hall–Kier alpha value is -3.08. The number of hydrogen-bond donors (Lipinski definition) is 3. The highest BCUT2D eigenvalue weighted by Gasteiger charge is 2.06. The highest BCUT2D eigenvalue weighted by molar-refractivity contribution is 6.04. The number of H-pyrrole nitrogens is 1. The molecule has 3 rings (SSSR count). The predicted molar refractivity (Wildman–Crippen MR) is 82.8 cm³/mol. The number of carbonyl (C=O) groups excluding carboxylic acids is 1. The van der Waals surface area contributed by atoms with Gasteiger partial charge in [-0.1, -0.05) is 0 Å². The maximum Gasteiger partial charge on any atom is 0.255 e. The molecule has 21 heavy (non-hydrogen) atoms. The zero-order chi connectivity index (χ0) is 14.7. The monoisotopic (exact) mass is 278 g/mol. The van der Waals surface area contributed by atoms with Crippen molar-refractivity contribution < 1.29 is 4.79 Å². The quantitative estimate of drug-likeness (QED) is 0.644. The van der Waals surface area contributed by atoms with E-state index in [0.717, 1.165) is 17.1 Å². The Balaban J connectivity index is 1.73. The molecule has 0 aliphatic carbocycles. The molecular formula is C16H14N4O. The van der Waals surface area contributed by atoms with Crippen LogP contribution in [0.5, 0.6) is 0 Å². The summed E-state index contributed by atoms with van der Waals surface area (Å²) < 4.78 is 0. The topological polar surface area (TPSA) is 83.8 Å². The van der Waals surface area contributed by atoms with Crippen molar-refractivity contribution in [3.8, 4) is 11.4 Å². The second kappa shape index (κ2) is 5.50. The van der Waals surface area contributed by atoms with Crippen molar-refractivity contribution in [1.29, 1.82) is 0 Å². The SMILES string of the molecule is Nc1ccc(C(=O)Nc2ccc(-c3ncc[nH]3)cc2)cc1. The van der Waals surface area contributed by atoms with E-state index in [4.69, 9.17) is 5.73 Å². The van der Waals surface area contributed by atoms with E-state index in [1.54, 1.807) is 36.7 Å². The lowest BCUT2D eigenvalue weighted by Crippen LogP contribution is -2.11. The first kappa shape index (κ1) is 12.9. The molecule has 0 aliphatic heterocycles. The van der Waals surface area contributed by atoms with Gasteiger partial charge in [-0.2, -0.15) is 0 Å². The van der Waals surface area contributed by atoms with Crippen LogP contribution in [0.15, 0.2) is 60.9 Å². The molecule has 1 aromatic heterocycles. The second-order valence-electron chi connectivity index (χ2n) is 4.59. The molecule has 5 heteroatoms. The van der Waals surface area contributed by atoms with Crippen molar-refractivity contribution in [3.63, 3.8) is 0 Å². The van der Waals surface area contributed by atoms with Crippen molar-refractivity contribution in [2.75, 3.05) is 11.1 Å². The minimum Gasteiger partial charge on any atom is -0.399 e. The molecule has 0 radical (unpaired) electrons. The van der Waals surface area contributed by atoms with Crippen LogP contribution in [0.2, 0.25) is 0 Å². The number of anilines is 2. The number of nitrogens with one attached hydrogen (secondary N) is 2. The smallest absolute Gasteiger partial charge is 0.255 e. The number of benzene rings is 2. The minimum atomic E-state index is -0.166. The molecule has 0 atom stereocenters. The molecule has 3 aromatic rings. The van der Waals surface area contributed by atoms with Gasteiger partial charge in [0, 0.05) is 34.9 Å². The van der Waals surface area contributed by atoms with Crippen LogP contribution in [-0.2, 0) is 0 Å². The van der Waals surface area contributed by atoms with Crippen LogP contribution in [0.4, 0.5) is 11.4 Å². The molecule has 0 spiro atoms. The van der Waals surface area contributed by atoms with E-state index >= 15 is 0 Å². The van der Waals surface area contributed by atoms with Gasteiger partial charge in [-0.25, -0.2) is 4.98 Å². The third kappa shape index (κ3) is 2.92. The van der Waals surface area contributed by atoms with Crippen LogP contribution in [0.1, 0.15) is 10.4 Å². The van der Waals surface area contributed by atoms with Crippen molar-refractivity contribution in [3.05, 3.63) is 66.5 Å². The van der Waals surface area contributed by atoms with Gasteiger partial charge in [0.05, 0.1) is 0 Å². The molecule has 5 nitrogen and oxygen atoms in total. The van der Waals surface area contributed by atoms with Gasteiger partial charge in [-0.15, -0.1) is 0 Å². The first-order valence-electron chi connectivity index (χ1n) is 6.49. The molecule has 0 saturated carbocycles. The molecule has 0 fully saturated rings. The lowest BCUT2D eigenvalue weighted by atomic mass is 10.1. The molecule has 4 N–H and O–H groups in total. The number of carbonyl (C=O) groups is 1. The number of nitrogen functional groups attached to an aromatic ring is 1. The first-order valence-corrected chi connectivity index (χ1v) is 6.49. The van der Waals surface area contributed by atoms with Gasteiger partial charge in [0.1, 0.15) is 5.82 Å². The van der Waals surface area contributed by atoms with Crippen LogP contribution in [0.3, 0.4) is 0 Å². The van der Waals surface area contributed by atoms with Gasteiger partial charge in [-0.05, 0) is 48.5 Å². The molecule has 2 aromatic carbocycles. The number of rotatable bonds is 3. The van der Waals surface area contributed by atoms with Gasteiger partial charge < -0.3 is 16.0 Å². The fourth-order valence-electron chi connectivity index (χ4n) is 1.97. The fraction of sp³-hybridized carbons (Fsp3) is 0. The third-order valence-electron chi connectivity index (χ3n) is 3.09. The van der Waals surface area contributed by atoms with E-state index in [1.165, 1.54) is 0 Å². The Bertz CT molecular complexity index is 731. The molecule has 0 bridgehead atoms. The van der Waals surface area contributed by atoms with E-state index in [9.17, 15) is 4.79 Å². The van der Waals surface area contributed by atoms with Gasteiger partial charge in [-0.3, -0.25) is 4.79 Å². The molecule has 1 heterocycles. The fourth-order valence-corrected chi connectivity index (χ4v) is 1.97. The summed E-state index contributed by atoms with van der Waals surface area (Å²) in [6, 6.07) is 14.3. The van der Waals surface area contributed by atoms with Gasteiger partial charge in [0.25, 0.3) is 5.91 Å². The van der Waals surface area contributed by atoms with Gasteiger partial charge in [0.2, 0.25) is 0 Å². The molecule has 0 unspecified atom stereocenters. The summed E-state index contributed by atoms with van der Waals surface area (Å²) in [7, 11) is 0. The molecule has 0 aliphatic rings. The summed E-state index contributed by atoms with van der Waals surface area (Å²) in [5, 5.41) is 2.84. The van der Waals surface area contributed by atoms with Crippen molar-refractivity contribution in [2.45, 2.75) is 0 Å². The van der Waals surface area contributed by atoms with E-state index in [0.29, 0.717) is 11.3 Å². The Morgan fingerprint density at radius 3 is 2.38 bits per heavy atom. The van der Waals surface area contributed by atoms with Crippen LogP contribution >= 0.6 is 0 Å². The number of imidazole rings is 1. The zero-order valence-electron chi connectivity index (χ0n) is 11.2. The van der Waals surface area contributed by atoms with E-state index in [1.807, 2.05) is 24.3 Å².